The van der Waals surface area contributed by atoms with Crippen molar-refractivity contribution >= 4 is 11.6 Å². The van der Waals surface area contributed by atoms with Crippen molar-refractivity contribution in [2.75, 3.05) is 11.9 Å². The summed E-state index contributed by atoms with van der Waals surface area (Å²) in [6, 6.07) is 4.37. The normalized spacial score (nSPS) is 19.7. The van der Waals surface area contributed by atoms with Gasteiger partial charge in [-0.3, -0.25) is 4.79 Å². The fourth-order valence-corrected chi connectivity index (χ4v) is 2.76. The second kappa shape index (κ2) is 4.64. The predicted molar refractivity (Wildman–Crippen MR) is 77.2 cm³/mol. The molecule has 1 aromatic carbocycles. The Bertz CT molecular complexity index is 518. The maximum atomic E-state index is 12.1. The van der Waals surface area contributed by atoms with Crippen molar-refractivity contribution in [1.29, 1.82) is 0 Å². The number of hydrogen-bond donors (Lipinski definition) is 2. The van der Waals surface area contributed by atoms with E-state index in [4.69, 9.17) is 0 Å². The van der Waals surface area contributed by atoms with Crippen molar-refractivity contribution < 1.29 is 4.79 Å². The van der Waals surface area contributed by atoms with E-state index in [1.165, 1.54) is 24.0 Å². The minimum atomic E-state index is 0.164. The molecule has 2 aliphatic rings. The first-order valence-electron chi connectivity index (χ1n) is 7.19. The minimum Gasteiger partial charge on any atom is -0.326 e. The molecule has 1 saturated carbocycles. The van der Waals surface area contributed by atoms with Gasteiger partial charge in [-0.1, -0.05) is 13.0 Å². The zero-order valence-electron chi connectivity index (χ0n) is 11.8. The molecule has 0 radical (unpaired) electrons. The van der Waals surface area contributed by atoms with E-state index in [0.29, 0.717) is 6.42 Å². The monoisotopic (exact) mass is 258 g/mol. The highest BCUT2D eigenvalue weighted by Gasteiger charge is 2.39. The Kier molecular flexibility index (Phi) is 3.09. The number of rotatable bonds is 3. The lowest BCUT2D eigenvalue weighted by molar-refractivity contribution is -0.117. The SMILES string of the molecule is Cc1cc2c(cc1NC(=O)CC1(C)CC1)CCNC2. The number of fused-ring (bicyclic) bond motifs is 1. The molecule has 0 atom stereocenters. The van der Waals surface area contributed by atoms with Crippen LogP contribution in [0.2, 0.25) is 0 Å². The van der Waals surface area contributed by atoms with Crippen molar-refractivity contribution in [3.63, 3.8) is 0 Å². The van der Waals surface area contributed by atoms with E-state index < -0.39 is 0 Å². The molecule has 1 aromatic rings. The Balaban J connectivity index is 1.75. The maximum Gasteiger partial charge on any atom is 0.224 e. The van der Waals surface area contributed by atoms with E-state index in [9.17, 15) is 4.79 Å². The number of aryl methyl sites for hydroxylation is 1. The number of hydrogen-bond acceptors (Lipinski definition) is 2. The van der Waals surface area contributed by atoms with Gasteiger partial charge in [0.05, 0.1) is 0 Å². The zero-order valence-corrected chi connectivity index (χ0v) is 11.8. The standard InChI is InChI=1S/C16H22N2O/c1-11-7-13-10-17-6-3-12(13)8-14(11)18-15(19)9-16(2)4-5-16/h7-8,17H,3-6,9-10H2,1-2H3,(H,18,19). The van der Waals surface area contributed by atoms with Gasteiger partial charge in [0.2, 0.25) is 5.91 Å². The van der Waals surface area contributed by atoms with Crippen LogP contribution < -0.4 is 10.6 Å². The van der Waals surface area contributed by atoms with Gasteiger partial charge in [-0.05, 0) is 60.9 Å². The number of carbonyl (C=O) groups excluding carboxylic acids is 1. The molecule has 0 bridgehead atoms. The fourth-order valence-electron chi connectivity index (χ4n) is 2.76. The van der Waals surface area contributed by atoms with E-state index in [2.05, 4.69) is 36.6 Å². The average Bonchev–Trinajstić information content (AvgIpc) is 3.07. The number of nitrogens with one attached hydrogen (secondary N) is 2. The van der Waals surface area contributed by atoms with Gasteiger partial charge < -0.3 is 10.6 Å². The highest BCUT2D eigenvalue weighted by molar-refractivity contribution is 5.92. The van der Waals surface area contributed by atoms with Gasteiger partial charge in [-0.15, -0.1) is 0 Å². The molecule has 1 aliphatic carbocycles. The van der Waals surface area contributed by atoms with Gasteiger partial charge in [0.25, 0.3) is 0 Å². The van der Waals surface area contributed by atoms with Crippen LogP contribution in [-0.2, 0) is 17.8 Å². The fraction of sp³-hybridized carbons (Fsp3) is 0.562. The summed E-state index contributed by atoms with van der Waals surface area (Å²) >= 11 is 0. The van der Waals surface area contributed by atoms with Crippen LogP contribution in [0.15, 0.2) is 12.1 Å². The molecule has 3 nitrogen and oxygen atoms in total. The summed E-state index contributed by atoms with van der Waals surface area (Å²) in [4.78, 5) is 12.1. The van der Waals surface area contributed by atoms with Crippen LogP contribution in [0.4, 0.5) is 5.69 Å². The topological polar surface area (TPSA) is 41.1 Å². The maximum absolute atomic E-state index is 12.1. The highest BCUT2D eigenvalue weighted by atomic mass is 16.1. The van der Waals surface area contributed by atoms with Crippen molar-refractivity contribution in [2.45, 2.75) is 46.1 Å². The predicted octanol–water partition coefficient (Wildman–Crippen LogP) is 2.77. The average molecular weight is 258 g/mol. The molecule has 3 rings (SSSR count). The summed E-state index contributed by atoms with van der Waals surface area (Å²) in [5.74, 6) is 0.164. The number of amides is 1. The largest absolute Gasteiger partial charge is 0.326 e. The Morgan fingerprint density at radius 2 is 2.16 bits per heavy atom. The van der Waals surface area contributed by atoms with E-state index in [-0.39, 0.29) is 11.3 Å². The molecule has 102 valence electrons. The van der Waals surface area contributed by atoms with Crippen LogP contribution >= 0.6 is 0 Å². The number of anilines is 1. The van der Waals surface area contributed by atoms with E-state index in [1.54, 1.807) is 0 Å². The van der Waals surface area contributed by atoms with Crippen LogP contribution in [0.3, 0.4) is 0 Å². The van der Waals surface area contributed by atoms with Crippen LogP contribution in [0, 0.1) is 12.3 Å². The summed E-state index contributed by atoms with van der Waals surface area (Å²) in [5, 5.41) is 6.48. The molecule has 0 saturated heterocycles. The molecule has 1 heterocycles. The number of carbonyl (C=O) groups is 1. The zero-order chi connectivity index (χ0) is 13.5. The quantitative estimate of drug-likeness (QED) is 0.875. The van der Waals surface area contributed by atoms with Gasteiger partial charge in [0, 0.05) is 18.7 Å². The molecule has 2 N–H and O–H groups in total. The Morgan fingerprint density at radius 3 is 2.89 bits per heavy atom. The second-order valence-electron chi connectivity index (χ2n) is 6.40. The molecular formula is C16H22N2O. The Morgan fingerprint density at radius 1 is 1.37 bits per heavy atom. The van der Waals surface area contributed by atoms with Crippen molar-refractivity contribution in [1.82, 2.24) is 5.32 Å². The molecule has 0 aromatic heterocycles. The molecule has 1 fully saturated rings. The Labute approximate surface area is 114 Å². The van der Waals surface area contributed by atoms with Gasteiger partial charge in [-0.2, -0.15) is 0 Å². The van der Waals surface area contributed by atoms with Gasteiger partial charge in [-0.25, -0.2) is 0 Å². The lowest BCUT2D eigenvalue weighted by atomic mass is 9.97. The summed E-state index contributed by atoms with van der Waals surface area (Å²) < 4.78 is 0. The molecule has 1 aliphatic heterocycles. The van der Waals surface area contributed by atoms with E-state index >= 15 is 0 Å². The van der Waals surface area contributed by atoms with Gasteiger partial charge in [0.1, 0.15) is 0 Å². The first-order valence-corrected chi connectivity index (χ1v) is 7.19. The lowest BCUT2D eigenvalue weighted by Gasteiger charge is -2.20. The van der Waals surface area contributed by atoms with Crippen molar-refractivity contribution in [3.05, 3.63) is 28.8 Å². The second-order valence-corrected chi connectivity index (χ2v) is 6.40. The van der Waals surface area contributed by atoms with E-state index in [0.717, 1.165) is 30.8 Å². The Hall–Kier alpha value is -1.35. The molecule has 0 unspecified atom stereocenters. The van der Waals surface area contributed by atoms with Crippen LogP contribution in [-0.4, -0.2) is 12.5 Å². The summed E-state index contributed by atoms with van der Waals surface area (Å²) in [5.41, 5.74) is 5.18. The van der Waals surface area contributed by atoms with Crippen LogP contribution in [0.25, 0.3) is 0 Å². The highest BCUT2D eigenvalue weighted by Crippen LogP contribution is 2.48. The minimum absolute atomic E-state index is 0.164. The van der Waals surface area contributed by atoms with E-state index in [1.807, 2.05) is 0 Å². The molecule has 0 spiro atoms. The first kappa shape index (κ1) is 12.7. The third kappa shape index (κ3) is 2.81. The van der Waals surface area contributed by atoms with Crippen molar-refractivity contribution in [2.24, 2.45) is 5.41 Å². The van der Waals surface area contributed by atoms with Crippen LogP contribution in [0.5, 0.6) is 0 Å². The first-order chi connectivity index (χ1) is 9.06. The molecule has 1 amide bonds. The van der Waals surface area contributed by atoms with Gasteiger partial charge in [0.15, 0.2) is 0 Å². The third-order valence-electron chi connectivity index (χ3n) is 4.40. The molecular weight excluding hydrogens is 236 g/mol. The molecule has 3 heteroatoms. The molecule has 19 heavy (non-hydrogen) atoms. The third-order valence-corrected chi connectivity index (χ3v) is 4.40. The smallest absolute Gasteiger partial charge is 0.224 e. The summed E-state index contributed by atoms with van der Waals surface area (Å²) in [6.45, 7) is 6.24. The summed E-state index contributed by atoms with van der Waals surface area (Å²) in [7, 11) is 0. The van der Waals surface area contributed by atoms with Crippen LogP contribution in [0.1, 0.15) is 42.9 Å². The lowest BCUT2D eigenvalue weighted by Crippen LogP contribution is -2.24. The van der Waals surface area contributed by atoms with Crippen molar-refractivity contribution in [3.8, 4) is 0 Å². The van der Waals surface area contributed by atoms with Gasteiger partial charge >= 0.3 is 0 Å². The summed E-state index contributed by atoms with van der Waals surface area (Å²) in [6.07, 6.45) is 4.09. The number of benzene rings is 1.